The number of rotatable bonds is 7. The Morgan fingerprint density at radius 1 is 1.13 bits per heavy atom. The summed E-state index contributed by atoms with van der Waals surface area (Å²) in [7, 11) is 1.63. The molecule has 0 unspecified atom stereocenters. The molecule has 0 amide bonds. The molecule has 0 saturated heterocycles. The number of ketones is 1. The molecule has 0 N–H and O–H groups in total. The van der Waals surface area contributed by atoms with Crippen LogP contribution in [-0.4, -0.2) is 32.6 Å². The van der Waals surface area contributed by atoms with Crippen molar-refractivity contribution in [3.8, 4) is 28.1 Å². The lowest BCUT2D eigenvalue weighted by atomic mass is 10.1. The van der Waals surface area contributed by atoms with E-state index in [4.69, 9.17) is 9.47 Å². The van der Waals surface area contributed by atoms with Gasteiger partial charge in [-0.3, -0.25) is 9.48 Å². The summed E-state index contributed by atoms with van der Waals surface area (Å²) in [6.45, 7) is 3.94. The van der Waals surface area contributed by atoms with E-state index in [0.717, 1.165) is 17.0 Å². The zero-order valence-electron chi connectivity index (χ0n) is 16.8. The van der Waals surface area contributed by atoms with E-state index < -0.39 is 0 Å². The lowest BCUT2D eigenvalue weighted by Gasteiger charge is -2.03. The zero-order valence-corrected chi connectivity index (χ0v) is 17.6. The molecular weight excluding hydrogens is 400 g/mol. The first-order valence-electron chi connectivity index (χ1n) is 9.30. The smallest absolute Gasteiger partial charge is 0.280 e. The molecule has 0 atom stereocenters. The van der Waals surface area contributed by atoms with Gasteiger partial charge in [0.2, 0.25) is 5.88 Å². The Hall–Kier alpha value is -3.52. The van der Waals surface area contributed by atoms with E-state index in [1.165, 1.54) is 18.3 Å². The van der Waals surface area contributed by atoms with Gasteiger partial charge in [0, 0.05) is 30.3 Å². The van der Waals surface area contributed by atoms with Crippen LogP contribution in [0.5, 0.6) is 16.8 Å². The third kappa shape index (κ3) is 4.38. The van der Waals surface area contributed by atoms with Crippen molar-refractivity contribution in [2.75, 3.05) is 7.11 Å². The van der Waals surface area contributed by atoms with Crippen LogP contribution in [0, 0.1) is 6.92 Å². The number of Topliss-reactive ketones (excluding diaryl/α,β-unsaturated/α-hetero) is 1. The van der Waals surface area contributed by atoms with Crippen LogP contribution >= 0.6 is 11.3 Å². The number of carbonyl (C=O) groups excluding carboxylic acids is 1. The van der Waals surface area contributed by atoms with Gasteiger partial charge < -0.3 is 9.47 Å². The van der Waals surface area contributed by atoms with Crippen molar-refractivity contribution in [1.29, 1.82) is 0 Å². The molecule has 0 aliphatic rings. The molecule has 8 heteroatoms. The van der Waals surface area contributed by atoms with Gasteiger partial charge in [0.1, 0.15) is 11.4 Å². The lowest BCUT2D eigenvalue weighted by Crippen LogP contribution is -2.02. The highest BCUT2D eigenvalue weighted by Gasteiger charge is 2.18. The van der Waals surface area contributed by atoms with Crippen LogP contribution in [0.15, 0.2) is 54.0 Å². The Morgan fingerprint density at radius 2 is 1.93 bits per heavy atom. The average molecular weight is 420 g/mol. The Kier molecular flexibility index (Phi) is 5.58. The molecule has 0 spiro atoms. The predicted molar refractivity (Wildman–Crippen MR) is 114 cm³/mol. The van der Waals surface area contributed by atoms with Gasteiger partial charge in [0.05, 0.1) is 24.9 Å². The SMILES string of the molecule is COc1ccc(Cn2cc(-c3csc(Oc4cccc(C)n4)n3)c(C(C)=O)n2)cc1. The normalized spacial score (nSPS) is 10.8. The van der Waals surface area contributed by atoms with Gasteiger partial charge in [-0.05, 0) is 30.7 Å². The molecule has 0 aliphatic heterocycles. The number of methoxy groups -OCH3 is 1. The number of ether oxygens (including phenoxy) is 2. The first kappa shape index (κ1) is 19.8. The molecule has 1 aromatic carbocycles. The maximum atomic E-state index is 12.2. The molecule has 0 aliphatic carbocycles. The van der Waals surface area contributed by atoms with Gasteiger partial charge in [-0.15, -0.1) is 0 Å². The second-order valence-corrected chi connectivity index (χ2v) is 7.53. The van der Waals surface area contributed by atoms with E-state index in [2.05, 4.69) is 15.1 Å². The Balaban J connectivity index is 1.58. The summed E-state index contributed by atoms with van der Waals surface area (Å²) in [5, 5.41) is 6.79. The molecule has 3 heterocycles. The van der Waals surface area contributed by atoms with Crippen LogP contribution in [0.1, 0.15) is 28.7 Å². The minimum Gasteiger partial charge on any atom is -0.497 e. The molecule has 0 fully saturated rings. The second kappa shape index (κ2) is 8.46. The van der Waals surface area contributed by atoms with Crippen molar-refractivity contribution >= 4 is 17.1 Å². The number of thiazole rings is 1. The third-order valence-corrected chi connectivity index (χ3v) is 5.13. The second-order valence-electron chi connectivity index (χ2n) is 6.71. The number of aromatic nitrogens is 4. The van der Waals surface area contributed by atoms with Crippen LogP contribution < -0.4 is 9.47 Å². The quantitative estimate of drug-likeness (QED) is 0.401. The highest BCUT2D eigenvalue weighted by Crippen LogP contribution is 2.31. The number of pyridine rings is 1. The molecular formula is C22H20N4O3S. The minimum atomic E-state index is -0.116. The Morgan fingerprint density at radius 3 is 2.63 bits per heavy atom. The first-order chi connectivity index (χ1) is 14.5. The standard InChI is InChI=1S/C22H20N4O3S/c1-14-5-4-6-20(23-14)29-22-24-19(13-30-22)18-12-26(25-21(18)15(2)27)11-16-7-9-17(28-3)10-8-16/h4-10,12-13H,11H2,1-3H3. The van der Waals surface area contributed by atoms with Crippen molar-refractivity contribution in [2.45, 2.75) is 20.4 Å². The van der Waals surface area contributed by atoms with E-state index in [1.807, 2.05) is 54.9 Å². The minimum absolute atomic E-state index is 0.116. The molecule has 4 aromatic rings. The molecule has 0 saturated carbocycles. The lowest BCUT2D eigenvalue weighted by molar-refractivity contribution is 0.101. The van der Waals surface area contributed by atoms with Crippen molar-refractivity contribution in [3.63, 3.8) is 0 Å². The Bertz CT molecular complexity index is 1180. The van der Waals surface area contributed by atoms with Gasteiger partial charge in [-0.25, -0.2) is 9.97 Å². The first-order valence-corrected chi connectivity index (χ1v) is 10.2. The Labute approximate surface area is 178 Å². The largest absolute Gasteiger partial charge is 0.497 e. The average Bonchev–Trinajstić information content (AvgIpc) is 3.35. The monoisotopic (exact) mass is 420 g/mol. The van der Waals surface area contributed by atoms with Crippen LogP contribution in [0.25, 0.3) is 11.3 Å². The number of benzene rings is 1. The van der Waals surface area contributed by atoms with Gasteiger partial charge in [0.15, 0.2) is 5.78 Å². The summed E-state index contributed by atoms with van der Waals surface area (Å²) in [4.78, 5) is 21.0. The molecule has 152 valence electrons. The topological polar surface area (TPSA) is 79.1 Å². The zero-order chi connectivity index (χ0) is 21.1. The van der Waals surface area contributed by atoms with Crippen LogP contribution in [0.3, 0.4) is 0 Å². The number of hydrogen-bond donors (Lipinski definition) is 0. The van der Waals surface area contributed by atoms with Gasteiger partial charge in [0.25, 0.3) is 5.19 Å². The van der Waals surface area contributed by atoms with Gasteiger partial charge in [-0.1, -0.05) is 29.5 Å². The number of carbonyl (C=O) groups is 1. The maximum absolute atomic E-state index is 12.2. The number of hydrogen-bond acceptors (Lipinski definition) is 7. The maximum Gasteiger partial charge on any atom is 0.280 e. The molecule has 3 aromatic heterocycles. The molecule has 0 bridgehead atoms. The van der Waals surface area contributed by atoms with E-state index in [1.54, 1.807) is 17.9 Å². The van der Waals surface area contributed by atoms with Crippen LogP contribution in [-0.2, 0) is 6.54 Å². The summed E-state index contributed by atoms with van der Waals surface area (Å²) in [6.07, 6.45) is 1.84. The van der Waals surface area contributed by atoms with Gasteiger partial charge in [-0.2, -0.15) is 5.10 Å². The van der Waals surface area contributed by atoms with Crippen molar-refractivity contribution < 1.29 is 14.3 Å². The van der Waals surface area contributed by atoms with Crippen molar-refractivity contribution in [3.05, 3.63) is 71.0 Å². The number of nitrogens with zero attached hydrogens (tertiary/aromatic N) is 4. The summed E-state index contributed by atoms with van der Waals surface area (Å²) < 4.78 is 12.7. The van der Waals surface area contributed by atoms with E-state index in [-0.39, 0.29) is 5.78 Å². The molecule has 0 radical (unpaired) electrons. The molecule has 4 rings (SSSR count). The fraction of sp³-hybridized carbons (Fsp3) is 0.182. The van der Waals surface area contributed by atoms with E-state index >= 15 is 0 Å². The highest BCUT2D eigenvalue weighted by atomic mass is 32.1. The van der Waals surface area contributed by atoms with Crippen molar-refractivity contribution in [1.82, 2.24) is 19.7 Å². The molecule has 7 nitrogen and oxygen atoms in total. The third-order valence-electron chi connectivity index (χ3n) is 4.41. The van der Waals surface area contributed by atoms with Crippen molar-refractivity contribution in [2.24, 2.45) is 0 Å². The van der Waals surface area contributed by atoms with Gasteiger partial charge >= 0.3 is 0 Å². The predicted octanol–water partition coefficient (Wildman–Crippen LogP) is 4.76. The van der Waals surface area contributed by atoms with E-state index in [0.29, 0.717) is 34.6 Å². The molecule has 30 heavy (non-hydrogen) atoms. The van der Waals surface area contributed by atoms with Crippen LogP contribution in [0.2, 0.25) is 0 Å². The fourth-order valence-corrected chi connectivity index (χ4v) is 3.64. The fourth-order valence-electron chi connectivity index (χ4n) is 2.96. The van der Waals surface area contributed by atoms with E-state index in [9.17, 15) is 4.79 Å². The number of aryl methyl sites for hydroxylation is 1. The van der Waals surface area contributed by atoms with Crippen LogP contribution in [0.4, 0.5) is 0 Å². The summed E-state index contributed by atoms with van der Waals surface area (Å²) >= 11 is 1.35. The summed E-state index contributed by atoms with van der Waals surface area (Å²) in [6, 6.07) is 13.3. The summed E-state index contributed by atoms with van der Waals surface area (Å²) in [5.41, 5.74) is 3.62. The summed E-state index contributed by atoms with van der Waals surface area (Å²) in [5.74, 6) is 1.16. The highest BCUT2D eigenvalue weighted by molar-refractivity contribution is 7.11.